The first-order valence-corrected chi connectivity index (χ1v) is 8.84. The van der Waals surface area contributed by atoms with Crippen molar-refractivity contribution in [2.45, 2.75) is 52.1 Å². The van der Waals surface area contributed by atoms with E-state index in [2.05, 4.69) is 65.6 Å². The zero-order valence-electron chi connectivity index (χ0n) is 14.9. The molecule has 0 aromatic heterocycles. The molecule has 0 bridgehead atoms. The second-order valence-corrected chi connectivity index (χ2v) is 7.62. The Morgan fingerprint density at radius 1 is 1.30 bits per heavy atom. The van der Waals surface area contributed by atoms with Crippen LogP contribution in [0.3, 0.4) is 0 Å². The molecule has 1 aliphatic carbocycles. The van der Waals surface area contributed by atoms with Crippen molar-refractivity contribution in [2.75, 3.05) is 25.0 Å². The Morgan fingerprint density at radius 2 is 2.00 bits per heavy atom. The summed E-state index contributed by atoms with van der Waals surface area (Å²) in [7, 11) is 1.85. The minimum absolute atomic E-state index is 0.241. The fourth-order valence-electron chi connectivity index (χ4n) is 3.30. The number of aliphatic imine (C=N–C) groups is 1. The lowest BCUT2D eigenvalue weighted by molar-refractivity contribution is 0.582. The van der Waals surface area contributed by atoms with Crippen LogP contribution in [0.1, 0.15) is 51.6 Å². The average Bonchev–Trinajstić information content (AvgIpc) is 2.96. The van der Waals surface area contributed by atoms with Gasteiger partial charge in [-0.25, -0.2) is 0 Å². The summed E-state index contributed by atoms with van der Waals surface area (Å²) in [4.78, 5) is 6.87. The molecule has 2 fully saturated rings. The third kappa shape index (κ3) is 3.80. The molecule has 0 spiro atoms. The summed E-state index contributed by atoms with van der Waals surface area (Å²) < 4.78 is 0. The van der Waals surface area contributed by atoms with Gasteiger partial charge in [0.15, 0.2) is 5.96 Å². The number of anilines is 1. The molecule has 4 nitrogen and oxygen atoms in total. The third-order valence-corrected chi connectivity index (χ3v) is 5.24. The van der Waals surface area contributed by atoms with Crippen molar-refractivity contribution in [3.63, 3.8) is 0 Å². The number of benzene rings is 1. The van der Waals surface area contributed by atoms with E-state index in [9.17, 15) is 0 Å². The Bertz CT molecular complexity index is 572. The maximum absolute atomic E-state index is 4.38. The van der Waals surface area contributed by atoms with Crippen molar-refractivity contribution < 1.29 is 0 Å². The summed E-state index contributed by atoms with van der Waals surface area (Å²) in [5, 5.41) is 7.06. The van der Waals surface area contributed by atoms with Crippen LogP contribution in [0.4, 0.5) is 5.69 Å². The third-order valence-electron chi connectivity index (χ3n) is 5.24. The number of hydrogen-bond donors (Lipinski definition) is 2. The molecule has 2 unspecified atom stereocenters. The van der Waals surface area contributed by atoms with Gasteiger partial charge in [-0.05, 0) is 49.3 Å². The largest absolute Gasteiger partial charge is 0.372 e. The first kappa shape index (κ1) is 16.2. The molecule has 1 aromatic rings. The molecule has 23 heavy (non-hydrogen) atoms. The molecule has 1 aliphatic heterocycles. The van der Waals surface area contributed by atoms with E-state index < -0.39 is 0 Å². The van der Waals surface area contributed by atoms with Crippen molar-refractivity contribution in [1.29, 1.82) is 0 Å². The fraction of sp³-hybridized carbons (Fsp3) is 0.632. The fourth-order valence-corrected chi connectivity index (χ4v) is 3.30. The van der Waals surface area contributed by atoms with E-state index in [4.69, 9.17) is 0 Å². The summed E-state index contributed by atoms with van der Waals surface area (Å²) in [5.41, 5.74) is 3.06. The second kappa shape index (κ2) is 6.42. The van der Waals surface area contributed by atoms with Crippen LogP contribution in [-0.4, -0.2) is 32.1 Å². The predicted molar refractivity (Wildman–Crippen MR) is 98.1 cm³/mol. The molecule has 4 heteroatoms. The lowest BCUT2D eigenvalue weighted by atomic mass is 10.1. The van der Waals surface area contributed by atoms with Crippen molar-refractivity contribution >= 4 is 11.6 Å². The molecule has 0 amide bonds. The van der Waals surface area contributed by atoms with E-state index in [1.165, 1.54) is 43.6 Å². The summed E-state index contributed by atoms with van der Waals surface area (Å²) in [5.74, 6) is 0.902. The SMILES string of the molecule is CN=C(NC(C)c1cccc(N2CCCC2)c1)NC1CC1(C)C. The highest BCUT2D eigenvalue weighted by Gasteiger charge is 2.46. The Labute approximate surface area is 140 Å². The highest BCUT2D eigenvalue weighted by Crippen LogP contribution is 2.44. The van der Waals surface area contributed by atoms with Crippen LogP contribution in [0, 0.1) is 5.41 Å². The molecule has 0 radical (unpaired) electrons. The molecular formula is C19H30N4. The molecule has 1 saturated heterocycles. The van der Waals surface area contributed by atoms with Crippen LogP contribution in [0.2, 0.25) is 0 Å². The summed E-state index contributed by atoms with van der Waals surface area (Å²) >= 11 is 0. The van der Waals surface area contributed by atoms with Gasteiger partial charge < -0.3 is 15.5 Å². The Kier molecular flexibility index (Phi) is 4.51. The quantitative estimate of drug-likeness (QED) is 0.661. The standard InChI is InChI=1S/C19H30N4/c1-14(21-18(20-4)22-17-13-19(17,2)3)15-8-7-9-16(12-15)23-10-5-6-11-23/h7-9,12,14,17H,5-6,10-11,13H2,1-4H3,(H2,20,21,22). The van der Waals surface area contributed by atoms with Gasteiger partial charge in [-0.15, -0.1) is 0 Å². The number of guanidine groups is 1. The number of hydrogen-bond acceptors (Lipinski definition) is 2. The van der Waals surface area contributed by atoms with E-state index >= 15 is 0 Å². The topological polar surface area (TPSA) is 39.7 Å². The Balaban J connectivity index is 1.63. The van der Waals surface area contributed by atoms with E-state index in [0.717, 1.165) is 5.96 Å². The van der Waals surface area contributed by atoms with Gasteiger partial charge in [0.1, 0.15) is 0 Å². The van der Waals surface area contributed by atoms with Crippen LogP contribution in [0.5, 0.6) is 0 Å². The lowest BCUT2D eigenvalue weighted by Gasteiger charge is -2.22. The minimum Gasteiger partial charge on any atom is -0.372 e. The zero-order chi connectivity index (χ0) is 16.4. The molecule has 2 atom stereocenters. The van der Waals surface area contributed by atoms with E-state index in [-0.39, 0.29) is 6.04 Å². The van der Waals surface area contributed by atoms with Crippen molar-refractivity contribution in [3.05, 3.63) is 29.8 Å². The predicted octanol–water partition coefficient (Wildman–Crippen LogP) is 3.31. The first-order valence-electron chi connectivity index (χ1n) is 8.84. The average molecular weight is 314 g/mol. The number of nitrogens with one attached hydrogen (secondary N) is 2. The Hall–Kier alpha value is -1.71. The normalized spacial score (nSPS) is 24.4. The van der Waals surface area contributed by atoms with Gasteiger partial charge in [0.25, 0.3) is 0 Å². The molecule has 2 aliphatic rings. The van der Waals surface area contributed by atoms with Gasteiger partial charge in [0, 0.05) is 31.9 Å². The number of nitrogens with zero attached hydrogens (tertiary/aromatic N) is 2. The lowest BCUT2D eigenvalue weighted by Crippen LogP contribution is -2.41. The van der Waals surface area contributed by atoms with Gasteiger partial charge in [0.05, 0.1) is 6.04 Å². The van der Waals surface area contributed by atoms with Crippen LogP contribution in [0.25, 0.3) is 0 Å². The first-order chi connectivity index (χ1) is 11.0. The van der Waals surface area contributed by atoms with Gasteiger partial charge in [0.2, 0.25) is 0 Å². The smallest absolute Gasteiger partial charge is 0.191 e. The highest BCUT2D eigenvalue weighted by molar-refractivity contribution is 5.81. The van der Waals surface area contributed by atoms with Gasteiger partial charge in [-0.3, -0.25) is 4.99 Å². The highest BCUT2D eigenvalue weighted by atomic mass is 15.2. The van der Waals surface area contributed by atoms with Crippen LogP contribution in [0.15, 0.2) is 29.3 Å². The molecule has 3 rings (SSSR count). The summed E-state index contributed by atoms with van der Waals surface area (Å²) in [6.45, 7) is 9.16. The van der Waals surface area contributed by atoms with Crippen LogP contribution < -0.4 is 15.5 Å². The van der Waals surface area contributed by atoms with Crippen molar-refractivity contribution in [1.82, 2.24) is 10.6 Å². The van der Waals surface area contributed by atoms with Crippen molar-refractivity contribution in [2.24, 2.45) is 10.4 Å². The van der Waals surface area contributed by atoms with E-state index in [1.807, 2.05) is 7.05 Å². The molecule has 1 aromatic carbocycles. The summed E-state index contributed by atoms with van der Waals surface area (Å²) in [6.07, 6.45) is 3.84. The van der Waals surface area contributed by atoms with Gasteiger partial charge in [-0.1, -0.05) is 26.0 Å². The van der Waals surface area contributed by atoms with Crippen LogP contribution in [-0.2, 0) is 0 Å². The maximum atomic E-state index is 4.38. The van der Waals surface area contributed by atoms with Gasteiger partial charge >= 0.3 is 0 Å². The zero-order valence-corrected chi connectivity index (χ0v) is 14.9. The molecular weight excluding hydrogens is 284 g/mol. The molecule has 1 heterocycles. The summed E-state index contributed by atoms with van der Waals surface area (Å²) in [6, 6.07) is 9.69. The maximum Gasteiger partial charge on any atom is 0.191 e. The molecule has 126 valence electrons. The van der Waals surface area contributed by atoms with E-state index in [1.54, 1.807) is 0 Å². The number of rotatable bonds is 4. The molecule has 2 N–H and O–H groups in total. The van der Waals surface area contributed by atoms with Gasteiger partial charge in [-0.2, -0.15) is 0 Å². The Morgan fingerprint density at radius 3 is 2.61 bits per heavy atom. The van der Waals surface area contributed by atoms with E-state index in [0.29, 0.717) is 11.5 Å². The minimum atomic E-state index is 0.241. The monoisotopic (exact) mass is 314 g/mol. The van der Waals surface area contributed by atoms with Crippen LogP contribution >= 0.6 is 0 Å². The molecule has 1 saturated carbocycles. The second-order valence-electron chi connectivity index (χ2n) is 7.62. The van der Waals surface area contributed by atoms with Crippen molar-refractivity contribution in [3.8, 4) is 0 Å².